The van der Waals surface area contributed by atoms with Crippen LogP contribution in [-0.4, -0.2) is 22.2 Å². The third kappa shape index (κ3) is 2.20. The standard InChI is InChI=1S/C16H16N4O2/c1-17-12-8-13(19-15(21)9-2-3-9)18-11-6-7-20(10-4-5-10)16(22)14(11)12/h6-10H,1-5H2,(H,18,19,21). The third-order valence-corrected chi connectivity index (χ3v) is 4.18. The van der Waals surface area contributed by atoms with Gasteiger partial charge in [-0.05, 0) is 38.5 Å². The van der Waals surface area contributed by atoms with E-state index in [0.717, 1.165) is 25.7 Å². The predicted molar refractivity (Wildman–Crippen MR) is 84.8 cm³/mol. The normalized spacial score (nSPS) is 17.5. The first-order chi connectivity index (χ1) is 10.7. The van der Waals surface area contributed by atoms with E-state index < -0.39 is 0 Å². The Kier molecular flexibility index (Phi) is 2.85. The summed E-state index contributed by atoms with van der Waals surface area (Å²) in [5.74, 6) is 0.504. The minimum Gasteiger partial charge on any atom is -0.312 e. The summed E-state index contributed by atoms with van der Waals surface area (Å²) in [6, 6.07) is 3.72. The molecular weight excluding hydrogens is 280 g/mol. The molecule has 0 aliphatic heterocycles. The average molecular weight is 296 g/mol. The van der Waals surface area contributed by atoms with Crippen molar-refractivity contribution in [2.45, 2.75) is 31.7 Å². The Hall–Kier alpha value is -2.50. The number of anilines is 1. The highest BCUT2D eigenvalue weighted by Crippen LogP contribution is 2.35. The molecule has 2 heterocycles. The number of nitrogens with one attached hydrogen (secondary N) is 1. The highest BCUT2D eigenvalue weighted by molar-refractivity contribution is 5.97. The molecule has 2 saturated carbocycles. The summed E-state index contributed by atoms with van der Waals surface area (Å²) in [6.07, 6.45) is 5.70. The number of hydrogen-bond acceptors (Lipinski definition) is 4. The van der Waals surface area contributed by atoms with E-state index in [2.05, 4.69) is 22.0 Å². The summed E-state index contributed by atoms with van der Waals surface area (Å²) >= 11 is 0. The molecule has 0 aromatic carbocycles. The molecule has 1 amide bonds. The number of amides is 1. The van der Waals surface area contributed by atoms with E-state index in [1.54, 1.807) is 22.9 Å². The molecule has 22 heavy (non-hydrogen) atoms. The lowest BCUT2D eigenvalue weighted by Gasteiger charge is -2.09. The van der Waals surface area contributed by atoms with E-state index in [0.29, 0.717) is 28.5 Å². The second-order valence-electron chi connectivity index (χ2n) is 5.97. The summed E-state index contributed by atoms with van der Waals surface area (Å²) in [5, 5.41) is 3.26. The Labute approximate surface area is 126 Å². The highest BCUT2D eigenvalue weighted by atomic mass is 16.2. The zero-order chi connectivity index (χ0) is 15.3. The van der Waals surface area contributed by atoms with Gasteiger partial charge in [-0.3, -0.25) is 14.6 Å². The lowest BCUT2D eigenvalue weighted by atomic mass is 10.2. The van der Waals surface area contributed by atoms with Crippen molar-refractivity contribution in [2.75, 3.05) is 5.32 Å². The molecular formula is C16H16N4O2. The second kappa shape index (κ2) is 4.76. The number of pyridine rings is 2. The summed E-state index contributed by atoms with van der Waals surface area (Å²) in [4.78, 5) is 32.8. The van der Waals surface area contributed by atoms with Crippen molar-refractivity contribution < 1.29 is 4.79 Å². The smallest absolute Gasteiger partial charge is 0.262 e. The molecule has 112 valence electrons. The molecule has 6 heteroatoms. The largest absolute Gasteiger partial charge is 0.312 e. The SMILES string of the molecule is C=Nc1cc(NC(=O)C2CC2)nc2ccn(C3CC3)c(=O)c12. The molecule has 1 N–H and O–H groups in total. The summed E-state index contributed by atoms with van der Waals surface area (Å²) in [7, 11) is 0. The van der Waals surface area contributed by atoms with E-state index in [-0.39, 0.29) is 17.4 Å². The van der Waals surface area contributed by atoms with Gasteiger partial charge in [0.15, 0.2) is 0 Å². The molecule has 0 atom stereocenters. The monoisotopic (exact) mass is 296 g/mol. The number of carbonyl (C=O) groups excluding carboxylic acids is 1. The molecule has 0 spiro atoms. The number of carbonyl (C=O) groups is 1. The first-order valence-electron chi connectivity index (χ1n) is 7.51. The number of hydrogen-bond donors (Lipinski definition) is 1. The van der Waals surface area contributed by atoms with Gasteiger partial charge in [0.05, 0.1) is 16.6 Å². The molecule has 0 radical (unpaired) electrons. The molecule has 4 rings (SSSR count). The van der Waals surface area contributed by atoms with Crippen LogP contribution in [-0.2, 0) is 4.79 Å². The van der Waals surface area contributed by atoms with Crippen LogP contribution in [0.2, 0.25) is 0 Å². The number of nitrogens with zero attached hydrogens (tertiary/aromatic N) is 3. The number of rotatable bonds is 4. The van der Waals surface area contributed by atoms with Crippen LogP contribution >= 0.6 is 0 Å². The molecule has 2 aromatic heterocycles. The zero-order valence-corrected chi connectivity index (χ0v) is 12.1. The van der Waals surface area contributed by atoms with Gasteiger partial charge in [-0.15, -0.1) is 0 Å². The predicted octanol–water partition coefficient (Wildman–Crippen LogP) is 2.41. The summed E-state index contributed by atoms with van der Waals surface area (Å²) in [6.45, 7) is 3.54. The van der Waals surface area contributed by atoms with E-state index in [1.165, 1.54) is 0 Å². The van der Waals surface area contributed by atoms with Gasteiger partial charge in [0.1, 0.15) is 5.82 Å². The molecule has 0 bridgehead atoms. The number of fused-ring (bicyclic) bond motifs is 1. The van der Waals surface area contributed by atoms with E-state index >= 15 is 0 Å². The molecule has 2 aliphatic rings. The fraction of sp³-hybridized carbons (Fsp3) is 0.375. The molecule has 2 aromatic rings. The first-order valence-corrected chi connectivity index (χ1v) is 7.51. The Morgan fingerprint density at radius 2 is 2.14 bits per heavy atom. The lowest BCUT2D eigenvalue weighted by Crippen LogP contribution is -2.19. The first kappa shape index (κ1) is 13.2. The molecule has 2 fully saturated rings. The molecule has 6 nitrogen and oxygen atoms in total. The summed E-state index contributed by atoms with van der Waals surface area (Å²) < 4.78 is 1.74. The molecule has 2 aliphatic carbocycles. The third-order valence-electron chi connectivity index (χ3n) is 4.18. The molecule has 0 saturated heterocycles. The van der Waals surface area contributed by atoms with Gasteiger partial charge in [-0.25, -0.2) is 4.98 Å². The minimum absolute atomic E-state index is 0.0202. The average Bonchev–Trinajstić information content (AvgIpc) is 3.39. The van der Waals surface area contributed by atoms with Crippen LogP contribution < -0.4 is 10.9 Å². The maximum Gasteiger partial charge on any atom is 0.262 e. The fourth-order valence-electron chi connectivity index (χ4n) is 2.64. The molecule has 0 unspecified atom stereocenters. The fourth-order valence-corrected chi connectivity index (χ4v) is 2.64. The van der Waals surface area contributed by atoms with Crippen molar-refractivity contribution in [2.24, 2.45) is 10.9 Å². The van der Waals surface area contributed by atoms with Crippen LogP contribution in [0, 0.1) is 5.92 Å². The van der Waals surface area contributed by atoms with Gasteiger partial charge in [-0.1, -0.05) is 0 Å². The van der Waals surface area contributed by atoms with Crippen molar-refractivity contribution in [3.8, 4) is 0 Å². The van der Waals surface area contributed by atoms with E-state index in [1.807, 2.05) is 0 Å². The van der Waals surface area contributed by atoms with Crippen molar-refractivity contribution in [3.63, 3.8) is 0 Å². The van der Waals surface area contributed by atoms with Gasteiger partial charge in [0.25, 0.3) is 5.56 Å². The van der Waals surface area contributed by atoms with Crippen LogP contribution in [0.15, 0.2) is 28.1 Å². The van der Waals surface area contributed by atoms with Crippen molar-refractivity contribution in [3.05, 3.63) is 28.7 Å². The van der Waals surface area contributed by atoms with Crippen LogP contribution in [0.4, 0.5) is 11.5 Å². The van der Waals surface area contributed by atoms with Gasteiger partial charge < -0.3 is 9.88 Å². The Balaban J connectivity index is 1.82. The number of aliphatic imine (C=N–C) groups is 1. The van der Waals surface area contributed by atoms with Crippen molar-refractivity contribution in [1.29, 1.82) is 0 Å². The number of aromatic nitrogens is 2. The Morgan fingerprint density at radius 3 is 2.77 bits per heavy atom. The second-order valence-corrected chi connectivity index (χ2v) is 5.97. The lowest BCUT2D eigenvalue weighted by molar-refractivity contribution is -0.117. The van der Waals surface area contributed by atoms with Crippen LogP contribution in [0.3, 0.4) is 0 Å². The van der Waals surface area contributed by atoms with Crippen molar-refractivity contribution in [1.82, 2.24) is 9.55 Å². The van der Waals surface area contributed by atoms with Gasteiger partial charge in [0, 0.05) is 24.2 Å². The quantitative estimate of drug-likeness (QED) is 0.880. The minimum atomic E-state index is -0.0880. The highest BCUT2D eigenvalue weighted by Gasteiger charge is 2.30. The zero-order valence-electron chi connectivity index (χ0n) is 12.1. The van der Waals surface area contributed by atoms with Gasteiger partial charge in [0.2, 0.25) is 5.91 Å². The van der Waals surface area contributed by atoms with Gasteiger partial charge >= 0.3 is 0 Å². The topological polar surface area (TPSA) is 76.3 Å². The Morgan fingerprint density at radius 1 is 1.36 bits per heavy atom. The van der Waals surface area contributed by atoms with Crippen LogP contribution in [0.5, 0.6) is 0 Å². The van der Waals surface area contributed by atoms with Crippen molar-refractivity contribution >= 4 is 35.0 Å². The van der Waals surface area contributed by atoms with Gasteiger partial charge in [-0.2, -0.15) is 0 Å². The van der Waals surface area contributed by atoms with Crippen LogP contribution in [0.1, 0.15) is 31.7 Å². The van der Waals surface area contributed by atoms with Crippen LogP contribution in [0.25, 0.3) is 10.9 Å². The summed E-state index contributed by atoms with van der Waals surface area (Å²) in [5.41, 5.74) is 0.920. The van der Waals surface area contributed by atoms with E-state index in [9.17, 15) is 9.59 Å². The maximum absolute atomic E-state index is 12.6. The maximum atomic E-state index is 12.6. The Bertz CT molecular complexity index is 847. The van der Waals surface area contributed by atoms with E-state index in [4.69, 9.17) is 0 Å².